The molecule has 0 saturated heterocycles. The monoisotopic (exact) mass is 474 g/mol. The minimum Gasteiger partial charge on any atom is -0.493 e. The Morgan fingerprint density at radius 1 is 1.09 bits per heavy atom. The number of hydrogen-bond acceptors (Lipinski definition) is 4. The minimum absolute atomic E-state index is 0.173. The van der Waals surface area contributed by atoms with Crippen molar-refractivity contribution >= 4 is 40.8 Å². The number of para-hydroxylation sites is 1. The van der Waals surface area contributed by atoms with E-state index in [-0.39, 0.29) is 18.2 Å². The first kappa shape index (κ1) is 23.6. The third-order valence-corrected chi connectivity index (χ3v) is 5.49. The van der Waals surface area contributed by atoms with Gasteiger partial charge in [0.15, 0.2) is 0 Å². The summed E-state index contributed by atoms with van der Waals surface area (Å²) in [7, 11) is 0. The van der Waals surface area contributed by atoms with E-state index in [0.717, 1.165) is 5.56 Å². The first-order valence-electron chi connectivity index (χ1n) is 10.2. The number of amides is 2. The fraction of sp³-hybridized carbons (Fsp3) is 0.261. The Hall–Kier alpha value is -3.03. The Bertz CT molecular complexity index is 1080. The van der Waals surface area contributed by atoms with Crippen molar-refractivity contribution in [2.45, 2.75) is 26.3 Å². The summed E-state index contributed by atoms with van der Waals surface area (Å²) in [6.07, 6.45) is 2.34. The Labute approximate surface area is 196 Å². The smallest absolute Gasteiger partial charge is 0.255 e. The van der Waals surface area contributed by atoms with Crippen molar-refractivity contribution in [2.75, 3.05) is 18.5 Å². The molecule has 2 amide bonds. The second-order valence-electron chi connectivity index (χ2n) is 6.92. The summed E-state index contributed by atoms with van der Waals surface area (Å²) in [6, 6.07) is 14.2. The molecule has 168 valence electrons. The average Bonchev–Trinajstić information content (AvgIpc) is 3.21. The van der Waals surface area contributed by atoms with Crippen molar-refractivity contribution in [3.63, 3.8) is 0 Å². The second-order valence-corrected chi connectivity index (χ2v) is 7.71. The molecule has 0 spiro atoms. The van der Waals surface area contributed by atoms with Crippen LogP contribution in [0.2, 0.25) is 10.0 Å². The van der Waals surface area contributed by atoms with Gasteiger partial charge in [-0.2, -0.15) is 5.10 Å². The molecule has 0 aliphatic heterocycles. The number of rotatable bonds is 10. The summed E-state index contributed by atoms with van der Waals surface area (Å²) < 4.78 is 7.12. The number of nitrogens with one attached hydrogen (secondary N) is 2. The van der Waals surface area contributed by atoms with Gasteiger partial charge in [0.1, 0.15) is 11.6 Å². The van der Waals surface area contributed by atoms with Gasteiger partial charge in [0, 0.05) is 19.0 Å². The Balaban J connectivity index is 1.48. The van der Waals surface area contributed by atoms with E-state index in [4.69, 9.17) is 27.9 Å². The topological polar surface area (TPSA) is 85.2 Å². The number of aromatic nitrogens is 2. The highest BCUT2D eigenvalue weighted by Gasteiger charge is 2.13. The molecule has 0 aliphatic carbocycles. The molecular weight excluding hydrogens is 451 g/mol. The van der Waals surface area contributed by atoms with Crippen molar-refractivity contribution < 1.29 is 14.3 Å². The van der Waals surface area contributed by atoms with Gasteiger partial charge in [-0.1, -0.05) is 47.5 Å². The van der Waals surface area contributed by atoms with Crippen LogP contribution in [-0.4, -0.2) is 34.7 Å². The molecule has 0 radical (unpaired) electrons. The average molecular weight is 475 g/mol. The van der Waals surface area contributed by atoms with Crippen LogP contribution in [0.5, 0.6) is 5.75 Å². The quantitative estimate of drug-likeness (QED) is 0.413. The largest absolute Gasteiger partial charge is 0.493 e. The van der Waals surface area contributed by atoms with E-state index in [9.17, 15) is 9.59 Å². The zero-order valence-electron chi connectivity index (χ0n) is 17.6. The molecule has 3 aromatic rings. The van der Waals surface area contributed by atoms with Gasteiger partial charge in [-0.3, -0.25) is 9.59 Å². The van der Waals surface area contributed by atoms with Crippen LogP contribution in [-0.2, 0) is 11.3 Å². The van der Waals surface area contributed by atoms with Crippen LogP contribution < -0.4 is 15.4 Å². The highest BCUT2D eigenvalue weighted by atomic mass is 35.5. The molecule has 9 heteroatoms. The molecule has 0 unspecified atom stereocenters. The van der Waals surface area contributed by atoms with E-state index in [1.807, 2.05) is 25.1 Å². The van der Waals surface area contributed by atoms with E-state index in [0.29, 0.717) is 53.3 Å². The maximum Gasteiger partial charge on any atom is 0.255 e. The summed E-state index contributed by atoms with van der Waals surface area (Å²) in [6.45, 7) is 3.08. The lowest BCUT2D eigenvalue weighted by Crippen LogP contribution is -2.26. The summed E-state index contributed by atoms with van der Waals surface area (Å²) in [5.41, 5.74) is 1.27. The molecular formula is C23H24Cl2N4O3. The van der Waals surface area contributed by atoms with Crippen molar-refractivity contribution in [3.8, 4) is 5.75 Å². The van der Waals surface area contributed by atoms with Crippen molar-refractivity contribution in [1.29, 1.82) is 0 Å². The van der Waals surface area contributed by atoms with E-state index in [1.54, 1.807) is 41.2 Å². The van der Waals surface area contributed by atoms with Crippen molar-refractivity contribution in [2.24, 2.45) is 0 Å². The van der Waals surface area contributed by atoms with Crippen LogP contribution in [0.1, 0.15) is 35.7 Å². The second kappa shape index (κ2) is 11.5. The van der Waals surface area contributed by atoms with E-state index < -0.39 is 0 Å². The van der Waals surface area contributed by atoms with Crippen LogP contribution in [0.15, 0.2) is 54.7 Å². The van der Waals surface area contributed by atoms with Gasteiger partial charge in [-0.05, 0) is 37.1 Å². The van der Waals surface area contributed by atoms with Gasteiger partial charge in [0.25, 0.3) is 5.91 Å². The van der Waals surface area contributed by atoms with Gasteiger partial charge in [0.05, 0.1) is 35.0 Å². The van der Waals surface area contributed by atoms with Gasteiger partial charge in [-0.25, -0.2) is 4.68 Å². The zero-order valence-corrected chi connectivity index (χ0v) is 19.1. The number of benzene rings is 2. The van der Waals surface area contributed by atoms with Gasteiger partial charge in [-0.15, -0.1) is 0 Å². The van der Waals surface area contributed by atoms with E-state index >= 15 is 0 Å². The normalized spacial score (nSPS) is 10.6. The predicted octanol–water partition coefficient (Wildman–Crippen LogP) is 4.79. The molecule has 7 nitrogen and oxygen atoms in total. The number of hydrogen-bond donors (Lipinski definition) is 2. The van der Waals surface area contributed by atoms with Crippen LogP contribution >= 0.6 is 23.2 Å². The lowest BCUT2D eigenvalue weighted by Gasteiger charge is -2.11. The summed E-state index contributed by atoms with van der Waals surface area (Å²) in [4.78, 5) is 24.7. The van der Waals surface area contributed by atoms with Crippen LogP contribution in [0.3, 0.4) is 0 Å². The highest BCUT2D eigenvalue weighted by molar-refractivity contribution is 6.42. The van der Waals surface area contributed by atoms with E-state index in [2.05, 4.69) is 15.7 Å². The summed E-state index contributed by atoms with van der Waals surface area (Å²) in [5, 5.41) is 10.8. The summed E-state index contributed by atoms with van der Waals surface area (Å²) >= 11 is 12.3. The molecule has 0 saturated carbocycles. The first-order valence-corrected chi connectivity index (χ1v) is 11.0. The maximum absolute atomic E-state index is 12.4. The molecule has 0 fully saturated rings. The molecule has 2 aromatic carbocycles. The van der Waals surface area contributed by atoms with Crippen LogP contribution in [0.4, 0.5) is 5.82 Å². The fourth-order valence-corrected chi connectivity index (χ4v) is 3.46. The Morgan fingerprint density at radius 3 is 2.72 bits per heavy atom. The molecule has 3 rings (SSSR count). The molecule has 32 heavy (non-hydrogen) atoms. The Kier molecular flexibility index (Phi) is 8.53. The standard InChI is InChI=1S/C23H24Cl2N4O3/c1-2-32-19-10-4-3-8-17(19)23(31)26-13-6-11-21(30)28-20-12-14-27-29(20)15-16-7-5-9-18(24)22(16)25/h3-5,7-10,12,14H,2,6,11,13,15H2,1H3,(H,26,31)(H,28,30). The predicted molar refractivity (Wildman–Crippen MR) is 126 cm³/mol. The van der Waals surface area contributed by atoms with Crippen LogP contribution in [0.25, 0.3) is 0 Å². The molecule has 0 atom stereocenters. The van der Waals surface area contributed by atoms with Gasteiger partial charge < -0.3 is 15.4 Å². The van der Waals surface area contributed by atoms with Gasteiger partial charge >= 0.3 is 0 Å². The molecule has 1 aromatic heterocycles. The number of ether oxygens (including phenoxy) is 1. The fourth-order valence-electron chi connectivity index (χ4n) is 3.08. The lowest BCUT2D eigenvalue weighted by molar-refractivity contribution is -0.116. The third-order valence-electron chi connectivity index (χ3n) is 4.63. The Morgan fingerprint density at radius 2 is 1.91 bits per heavy atom. The van der Waals surface area contributed by atoms with Crippen LogP contribution in [0, 0.1) is 0 Å². The SMILES string of the molecule is CCOc1ccccc1C(=O)NCCCC(=O)Nc1ccnn1Cc1cccc(Cl)c1Cl. The zero-order chi connectivity index (χ0) is 22.9. The highest BCUT2D eigenvalue weighted by Crippen LogP contribution is 2.26. The third kappa shape index (κ3) is 6.24. The molecule has 0 bridgehead atoms. The number of anilines is 1. The summed E-state index contributed by atoms with van der Waals surface area (Å²) in [5.74, 6) is 0.692. The molecule has 2 N–H and O–H groups in total. The molecule has 1 heterocycles. The maximum atomic E-state index is 12.4. The van der Waals surface area contributed by atoms with Crippen molar-refractivity contribution in [3.05, 3.63) is 75.9 Å². The number of carbonyl (C=O) groups is 2. The van der Waals surface area contributed by atoms with Crippen molar-refractivity contribution in [1.82, 2.24) is 15.1 Å². The minimum atomic E-state index is -0.231. The molecule has 0 aliphatic rings. The number of nitrogens with zero attached hydrogens (tertiary/aromatic N) is 2. The van der Waals surface area contributed by atoms with Gasteiger partial charge in [0.2, 0.25) is 5.91 Å². The number of carbonyl (C=O) groups excluding carboxylic acids is 2. The van der Waals surface area contributed by atoms with E-state index in [1.165, 1.54) is 0 Å². The number of halogens is 2. The lowest BCUT2D eigenvalue weighted by atomic mass is 10.2. The first-order chi connectivity index (χ1) is 15.5.